The number of benzene rings is 2. The number of carbonyl (C=O) groups excluding carboxylic acids is 1. The van der Waals surface area contributed by atoms with Gasteiger partial charge in [-0.05, 0) is 31.2 Å². The van der Waals surface area contributed by atoms with Crippen LogP contribution >= 0.6 is 11.6 Å². The van der Waals surface area contributed by atoms with Crippen molar-refractivity contribution in [3.63, 3.8) is 0 Å². The summed E-state index contributed by atoms with van der Waals surface area (Å²) < 4.78 is 6.01. The van der Waals surface area contributed by atoms with Gasteiger partial charge in [0.2, 0.25) is 0 Å². The molecule has 0 atom stereocenters. The molecule has 1 aromatic heterocycles. The van der Waals surface area contributed by atoms with Gasteiger partial charge in [-0.3, -0.25) is 9.89 Å². The highest BCUT2D eigenvalue weighted by atomic mass is 35.5. The fourth-order valence-corrected chi connectivity index (χ4v) is 3.65. The van der Waals surface area contributed by atoms with Crippen LogP contribution in [0.1, 0.15) is 28.9 Å². The zero-order valence-electron chi connectivity index (χ0n) is 15.7. The molecule has 6 heteroatoms. The number of ether oxygens (including phenoxy) is 1. The molecule has 144 valence electrons. The zero-order chi connectivity index (χ0) is 19.5. The van der Waals surface area contributed by atoms with Crippen molar-refractivity contribution in [2.45, 2.75) is 25.9 Å². The van der Waals surface area contributed by atoms with Gasteiger partial charge in [0.05, 0.1) is 5.69 Å². The Balaban J connectivity index is 1.39. The Kier molecular flexibility index (Phi) is 5.35. The number of hydrogen-bond acceptors (Lipinski definition) is 3. The number of likely N-dealkylation sites (tertiary alicyclic amines) is 1. The van der Waals surface area contributed by atoms with Gasteiger partial charge in [-0.2, -0.15) is 5.10 Å². The number of amides is 1. The van der Waals surface area contributed by atoms with Crippen LogP contribution in [0.25, 0.3) is 11.3 Å². The molecule has 1 N–H and O–H groups in total. The number of H-pyrrole nitrogens is 1. The van der Waals surface area contributed by atoms with Gasteiger partial charge in [-0.15, -0.1) is 0 Å². The minimum absolute atomic E-state index is 0.00266. The molecule has 0 aliphatic carbocycles. The Labute approximate surface area is 169 Å². The first-order valence-electron chi connectivity index (χ1n) is 9.43. The van der Waals surface area contributed by atoms with E-state index in [9.17, 15) is 4.79 Å². The second-order valence-corrected chi connectivity index (χ2v) is 7.44. The first-order chi connectivity index (χ1) is 13.6. The van der Waals surface area contributed by atoms with Crippen LogP contribution in [0.2, 0.25) is 5.02 Å². The minimum Gasteiger partial charge on any atom is -0.490 e. The molecule has 0 spiro atoms. The number of rotatable bonds is 4. The first kappa shape index (κ1) is 18.6. The molecule has 0 radical (unpaired) electrons. The monoisotopic (exact) mass is 395 g/mol. The van der Waals surface area contributed by atoms with E-state index < -0.39 is 0 Å². The summed E-state index contributed by atoms with van der Waals surface area (Å²) in [5, 5.41) is 8.00. The van der Waals surface area contributed by atoms with Gasteiger partial charge < -0.3 is 9.64 Å². The van der Waals surface area contributed by atoms with E-state index in [1.165, 1.54) is 0 Å². The SMILES string of the molecule is Cc1c(-c2ccccc2)n[nH]c1C(=O)N1CCC(Oc2ccc(Cl)cc2)CC1. The van der Waals surface area contributed by atoms with E-state index in [0.717, 1.165) is 35.4 Å². The molecular weight excluding hydrogens is 374 g/mol. The van der Waals surface area contributed by atoms with E-state index in [0.29, 0.717) is 23.8 Å². The molecule has 2 heterocycles. The highest BCUT2D eigenvalue weighted by Gasteiger charge is 2.27. The lowest BCUT2D eigenvalue weighted by atomic mass is 10.0. The standard InChI is InChI=1S/C22H22ClN3O2/c1-15-20(16-5-3-2-4-6-16)24-25-21(15)22(27)26-13-11-19(12-14-26)28-18-9-7-17(23)8-10-18/h2-10,19H,11-14H2,1H3,(H,24,25). The van der Waals surface area contributed by atoms with Gasteiger partial charge in [0.25, 0.3) is 5.91 Å². The van der Waals surface area contributed by atoms with Crippen molar-refractivity contribution in [3.05, 3.63) is 70.9 Å². The molecule has 0 saturated carbocycles. The van der Waals surface area contributed by atoms with E-state index in [4.69, 9.17) is 16.3 Å². The van der Waals surface area contributed by atoms with Crippen LogP contribution in [0.15, 0.2) is 54.6 Å². The van der Waals surface area contributed by atoms with Gasteiger partial charge in [0.15, 0.2) is 0 Å². The number of nitrogens with one attached hydrogen (secondary N) is 1. The molecular formula is C22H22ClN3O2. The van der Waals surface area contributed by atoms with Crippen molar-refractivity contribution < 1.29 is 9.53 Å². The summed E-state index contributed by atoms with van der Waals surface area (Å²) in [4.78, 5) is 14.8. The van der Waals surface area contributed by atoms with Crippen LogP contribution in [0.3, 0.4) is 0 Å². The third-order valence-corrected chi connectivity index (χ3v) is 5.37. The summed E-state index contributed by atoms with van der Waals surface area (Å²) in [5.41, 5.74) is 3.28. The number of nitrogens with zero attached hydrogens (tertiary/aromatic N) is 2. The summed E-state index contributed by atoms with van der Waals surface area (Å²) >= 11 is 5.91. The molecule has 4 rings (SSSR count). The van der Waals surface area contributed by atoms with Crippen molar-refractivity contribution in [1.82, 2.24) is 15.1 Å². The highest BCUT2D eigenvalue weighted by molar-refractivity contribution is 6.30. The Morgan fingerprint density at radius 1 is 1.11 bits per heavy atom. The maximum Gasteiger partial charge on any atom is 0.272 e. The summed E-state index contributed by atoms with van der Waals surface area (Å²) in [6.45, 7) is 3.27. The number of aromatic nitrogens is 2. The zero-order valence-corrected chi connectivity index (χ0v) is 16.4. The normalized spacial score (nSPS) is 14.9. The Hall–Kier alpha value is -2.79. The van der Waals surface area contributed by atoms with Crippen LogP contribution < -0.4 is 4.74 Å². The summed E-state index contributed by atoms with van der Waals surface area (Å²) in [6.07, 6.45) is 1.70. The van der Waals surface area contributed by atoms with Gasteiger partial charge in [-0.1, -0.05) is 41.9 Å². The topological polar surface area (TPSA) is 58.2 Å². The molecule has 1 aliphatic rings. The third kappa shape index (κ3) is 3.90. The van der Waals surface area contributed by atoms with E-state index in [1.807, 2.05) is 66.4 Å². The van der Waals surface area contributed by atoms with E-state index in [-0.39, 0.29) is 12.0 Å². The van der Waals surface area contributed by atoms with Crippen LogP contribution in [-0.2, 0) is 0 Å². The molecule has 28 heavy (non-hydrogen) atoms. The van der Waals surface area contributed by atoms with Crippen molar-refractivity contribution >= 4 is 17.5 Å². The van der Waals surface area contributed by atoms with Crippen molar-refractivity contribution in [3.8, 4) is 17.0 Å². The van der Waals surface area contributed by atoms with Crippen LogP contribution in [-0.4, -0.2) is 40.2 Å². The lowest BCUT2D eigenvalue weighted by Crippen LogP contribution is -2.42. The Bertz CT molecular complexity index is 946. The Morgan fingerprint density at radius 3 is 2.46 bits per heavy atom. The first-order valence-corrected chi connectivity index (χ1v) is 9.81. The van der Waals surface area contributed by atoms with Gasteiger partial charge in [0.1, 0.15) is 17.5 Å². The average Bonchev–Trinajstić information content (AvgIpc) is 3.12. The molecule has 5 nitrogen and oxygen atoms in total. The average molecular weight is 396 g/mol. The van der Waals surface area contributed by atoms with Crippen molar-refractivity contribution in [2.75, 3.05) is 13.1 Å². The molecule has 1 aliphatic heterocycles. The number of piperidine rings is 1. The molecule has 2 aromatic carbocycles. The smallest absolute Gasteiger partial charge is 0.272 e. The van der Waals surface area contributed by atoms with E-state index in [2.05, 4.69) is 10.2 Å². The van der Waals surface area contributed by atoms with Gasteiger partial charge in [0, 0.05) is 42.1 Å². The maximum absolute atomic E-state index is 13.0. The maximum atomic E-state index is 13.0. The minimum atomic E-state index is -0.00266. The van der Waals surface area contributed by atoms with Crippen LogP contribution in [0, 0.1) is 6.92 Å². The van der Waals surface area contributed by atoms with Crippen molar-refractivity contribution in [1.29, 1.82) is 0 Å². The number of halogens is 1. The number of hydrogen-bond donors (Lipinski definition) is 1. The molecule has 1 amide bonds. The largest absolute Gasteiger partial charge is 0.490 e. The molecule has 0 bridgehead atoms. The Morgan fingerprint density at radius 2 is 1.79 bits per heavy atom. The lowest BCUT2D eigenvalue weighted by molar-refractivity contribution is 0.0589. The summed E-state index contributed by atoms with van der Waals surface area (Å²) in [7, 11) is 0. The van der Waals surface area contributed by atoms with E-state index in [1.54, 1.807) is 0 Å². The summed E-state index contributed by atoms with van der Waals surface area (Å²) in [5.74, 6) is 0.809. The third-order valence-electron chi connectivity index (χ3n) is 5.12. The summed E-state index contributed by atoms with van der Waals surface area (Å²) in [6, 6.07) is 17.3. The van der Waals surface area contributed by atoms with E-state index >= 15 is 0 Å². The van der Waals surface area contributed by atoms with Crippen LogP contribution in [0.4, 0.5) is 0 Å². The van der Waals surface area contributed by atoms with Gasteiger partial charge in [-0.25, -0.2) is 0 Å². The van der Waals surface area contributed by atoms with Gasteiger partial charge >= 0.3 is 0 Å². The molecule has 1 fully saturated rings. The van der Waals surface area contributed by atoms with Crippen LogP contribution in [0.5, 0.6) is 5.75 Å². The fraction of sp³-hybridized carbons (Fsp3) is 0.273. The number of aromatic amines is 1. The lowest BCUT2D eigenvalue weighted by Gasteiger charge is -2.32. The number of carbonyl (C=O) groups is 1. The van der Waals surface area contributed by atoms with Crippen molar-refractivity contribution in [2.24, 2.45) is 0 Å². The second-order valence-electron chi connectivity index (χ2n) is 7.00. The predicted molar refractivity (Wildman–Crippen MR) is 110 cm³/mol. The predicted octanol–water partition coefficient (Wildman–Crippen LogP) is 4.72. The fourth-order valence-electron chi connectivity index (χ4n) is 3.52. The molecule has 0 unspecified atom stereocenters. The molecule has 1 saturated heterocycles. The quantitative estimate of drug-likeness (QED) is 0.695. The highest BCUT2D eigenvalue weighted by Crippen LogP contribution is 2.25. The molecule has 3 aromatic rings. The second kappa shape index (κ2) is 8.07.